The van der Waals surface area contributed by atoms with Crippen molar-refractivity contribution in [3.8, 4) is 28.4 Å². The largest absolute Gasteiger partial charge is 0.493 e. The minimum atomic E-state index is -0.738. The number of fused-ring (bicyclic) bond motifs is 1. The number of rotatable bonds is 5. The molecule has 0 N–H and O–H groups in total. The van der Waals surface area contributed by atoms with E-state index >= 15 is 0 Å². The van der Waals surface area contributed by atoms with Crippen LogP contribution < -0.4 is 19.8 Å². The van der Waals surface area contributed by atoms with E-state index in [4.69, 9.17) is 18.6 Å². The molecule has 0 radical (unpaired) electrons. The van der Waals surface area contributed by atoms with Crippen molar-refractivity contribution in [2.24, 2.45) is 0 Å². The Morgan fingerprint density at radius 1 is 0.926 bits per heavy atom. The first-order valence-corrected chi connectivity index (χ1v) is 8.41. The summed E-state index contributed by atoms with van der Waals surface area (Å²) in [5, 5.41) is 12.1. The molecular formula is C18H14BrNO7. The van der Waals surface area contributed by atoms with E-state index in [2.05, 4.69) is 15.9 Å². The SMILES string of the molecule is COc1cc(-c2cc3cc(Br)cc(OC)c3oc2=O)c([N+](=O)[O-])cc1OC. The summed E-state index contributed by atoms with van der Waals surface area (Å²) in [5.41, 5.74) is -0.708. The first kappa shape index (κ1) is 18.7. The summed E-state index contributed by atoms with van der Waals surface area (Å²) in [6, 6.07) is 7.48. The third kappa shape index (κ3) is 3.33. The second-order valence-electron chi connectivity index (χ2n) is 5.46. The van der Waals surface area contributed by atoms with Gasteiger partial charge in [-0.2, -0.15) is 0 Å². The number of hydrogen-bond acceptors (Lipinski definition) is 7. The van der Waals surface area contributed by atoms with Gasteiger partial charge >= 0.3 is 5.63 Å². The van der Waals surface area contributed by atoms with Crippen LogP contribution in [0.15, 0.2) is 44.0 Å². The van der Waals surface area contributed by atoms with Gasteiger partial charge in [0.2, 0.25) is 0 Å². The lowest BCUT2D eigenvalue weighted by Gasteiger charge is -2.11. The Morgan fingerprint density at radius 2 is 1.56 bits per heavy atom. The maximum absolute atomic E-state index is 12.6. The van der Waals surface area contributed by atoms with Crippen molar-refractivity contribution in [3.05, 3.63) is 55.3 Å². The minimum Gasteiger partial charge on any atom is -0.493 e. The third-order valence-corrected chi connectivity index (χ3v) is 4.43. The highest BCUT2D eigenvalue weighted by Gasteiger charge is 2.24. The Kier molecular flexibility index (Phi) is 5.04. The Morgan fingerprint density at radius 3 is 2.15 bits per heavy atom. The molecule has 0 spiro atoms. The van der Waals surface area contributed by atoms with Crippen LogP contribution in [-0.4, -0.2) is 26.3 Å². The van der Waals surface area contributed by atoms with Crippen LogP contribution in [0.3, 0.4) is 0 Å². The molecule has 0 unspecified atom stereocenters. The lowest BCUT2D eigenvalue weighted by atomic mass is 10.0. The second-order valence-corrected chi connectivity index (χ2v) is 6.37. The molecule has 3 rings (SSSR count). The Hall–Kier alpha value is -3.07. The molecule has 0 amide bonds. The number of methoxy groups -OCH3 is 3. The molecule has 0 aliphatic heterocycles. The van der Waals surface area contributed by atoms with Crippen molar-refractivity contribution >= 4 is 32.6 Å². The average Bonchev–Trinajstić information content (AvgIpc) is 2.66. The fourth-order valence-electron chi connectivity index (χ4n) is 2.74. The number of nitro groups is 1. The number of hydrogen-bond donors (Lipinski definition) is 0. The van der Waals surface area contributed by atoms with Gasteiger partial charge in [-0.1, -0.05) is 15.9 Å². The van der Waals surface area contributed by atoms with Crippen molar-refractivity contribution in [1.29, 1.82) is 0 Å². The zero-order valence-corrected chi connectivity index (χ0v) is 16.2. The Labute approximate surface area is 161 Å². The first-order chi connectivity index (χ1) is 12.9. The number of benzene rings is 2. The van der Waals surface area contributed by atoms with Crippen LogP contribution >= 0.6 is 15.9 Å². The molecule has 0 bridgehead atoms. The van der Waals surface area contributed by atoms with Crippen molar-refractivity contribution in [2.75, 3.05) is 21.3 Å². The van der Waals surface area contributed by atoms with E-state index in [0.29, 0.717) is 15.6 Å². The molecule has 0 saturated heterocycles. The van der Waals surface area contributed by atoms with E-state index in [9.17, 15) is 14.9 Å². The molecule has 0 saturated carbocycles. The van der Waals surface area contributed by atoms with Crippen LogP contribution in [0.5, 0.6) is 17.2 Å². The van der Waals surface area contributed by atoms with Gasteiger partial charge in [0.1, 0.15) is 0 Å². The molecule has 8 nitrogen and oxygen atoms in total. The number of nitro benzene ring substituents is 1. The fraction of sp³-hybridized carbons (Fsp3) is 0.167. The lowest BCUT2D eigenvalue weighted by Crippen LogP contribution is -2.06. The van der Waals surface area contributed by atoms with Crippen molar-refractivity contribution in [3.63, 3.8) is 0 Å². The quantitative estimate of drug-likeness (QED) is 0.336. The minimum absolute atomic E-state index is 0.0234. The molecule has 140 valence electrons. The number of halogens is 1. The highest BCUT2D eigenvalue weighted by atomic mass is 79.9. The molecule has 0 fully saturated rings. The summed E-state index contributed by atoms with van der Waals surface area (Å²) in [5.74, 6) is 0.803. The zero-order valence-electron chi connectivity index (χ0n) is 14.6. The maximum atomic E-state index is 12.6. The van der Waals surface area contributed by atoms with Crippen LogP contribution in [0, 0.1) is 10.1 Å². The van der Waals surface area contributed by atoms with Gasteiger partial charge in [0.15, 0.2) is 22.8 Å². The molecule has 27 heavy (non-hydrogen) atoms. The van der Waals surface area contributed by atoms with Crippen molar-refractivity contribution < 1.29 is 23.6 Å². The highest BCUT2D eigenvalue weighted by molar-refractivity contribution is 9.10. The highest BCUT2D eigenvalue weighted by Crippen LogP contribution is 2.40. The summed E-state index contributed by atoms with van der Waals surface area (Å²) < 4.78 is 21.6. The van der Waals surface area contributed by atoms with Gasteiger partial charge in [0.05, 0.1) is 43.4 Å². The predicted octanol–water partition coefficient (Wildman–Crippen LogP) is 4.16. The summed E-state index contributed by atoms with van der Waals surface area (Å²) in [4.78, 5) is 23.5. The van der Waals surface area contributed by atoms with E-state index < -0.39 is 10.5 Å². The van der Waals surface area contributed by atoms with Gasteiger partial charge in [-0.05, 0) is 24.3 Å². The van der Waals surface area contributed by atoms with E-state index in [0.717, 1.165) is 0 Å². The molecular weight excluding hydrogens is 422 g/mol. The van der Waals surface area contributed by atoms with Crippen LogP contribution in [0.4, 0.5) is 5.69 Å². The molecule has 2 aromatic carbocycles. The number of nitrogens with zero attached hydrogens (tertiary/aromatic N) is 1. The molecule has 1 aromatic heterocycles. The van der Waals surface area contributed by atoms with Crippen LogP contribution in [0.2, 0.25) is 0 Å². The predicted molar refractivity (Wildman–Crippen MR) is 102 cm³/mol. The van der Waals surface area contributed by atoms with Gasteiger partial charge < -0.3 is 18.6 Å². The van der Waals surface area contributed by atoms with Crippen LogP contribution in [0.25, 0.3) is 22.1 Å². The Bertz CT molecular complexity index is 1110. The molecule has 0 atom stereocenters. The van der Waals surface area contributed by atoms with Crippen molar-refractivity contribution in [2.45, 2.75) is 0 Å². The smallest absolute Gasteiger partial charge is 0.344 e. The third-order valence-electron chi connectivity index (χ3n) is 3.97. The second kappa shape index (κ2) is 7.28. The molecule has 9 heteroatoms. The summed E-state index contributed by atoms with van der Waals surface area (Å²) in [6.45, 7) is 0. The van der Waals surface area contributed by atoms with Crippen LogP contribution in [-0.2, 0) is 0 Å². The fourth-order valence-corrected chi connectivity index (χ4v) is 3.20. The standard InChI is InChI=1S/C18H14BrNO7/c1-24-14-7-11(13(20(22)23)8-15(14)25-2)12-5-9-4-10(19)6-16(26-3)17(9)27-18(12)21/h4-8H,1-3H3. The van der Waals surface area contributed by atoms with E-state index in [1.165, 1.54) is 39.5 Å². The molecule has 0 aliphatic rings. The van der Waals surface area contributed by atoms with E-state index in [1.807, 2.05) is 0 Å². The topological polar surface area (TPSA) is 101 Å². The average molecular weight is 436 g/mol. The summed E-state index contributed by atoms with van der Waals surface area (Å²) in [6.07, 6.45) is 0. The molecule has 0 aliphatic carbocycles. The summed E-state index contributed by atoms with van der Waals surface area (Å²) >= 11 is 3.36. The van der Waals surface area contributed by atoms with E-state index in [-0.39, 0.29) is 33.9 Å². The van der Waals surface area contributed by atoms with Gasteiger partial charge in [-0.3, -0.25) is 10.1 Å². The van der Waals surface area contributed by atoms with Gasteiger partial charge in [-0.15, -0.1) is 0 Å². The Balaban J connectivity index is 2.36. The van der Waals surface area contributed by atoms with Gasteiger partial charge in [-0.25, -0.2) is 4.79 Å². The summed E-state index contributed by atoms with van der Waals surface area (Å²) in [7, 11) is 4.22. The maximum Gasteiger partial charge on any atom is 0.344 e. The zero-order chi connectivity index (χ0) is 19.7. The monoisotopic (exact) mass is 435 g/mol. The lowest BCUT2D eigenvalue weighted by molar-refractivity contribution is -0.384. The normalized spacial score (nSPS) is 10.7. The molecule has 3 aromatic rings. The first-order valence-electron chi connectivity index (χ1n) is 7.61. The molecule has 1 heterocycles. The van der Waals surface area contributed by atoms with Crippen molar-refractivity contribution in [1.82, 2.24) is 0 Å². The van der Waals surface area contributed by atoms with Crippen LogP contribution in [0.1, 0.15) is 0 Å². The van der Waals surface area contributed by atoms with E-state index in [1.54, 1.807) is 12.1 Å². The van der Waals surface area contributed by atoms with Gasteiger partial charge in [0, 0.05) is 9.86 Å². The van der Waals surface area contributed by atoms with Gasteiger partial charge in [0.25, 0.3) is 5.69 Å². The number of ether oxygens (including phenoxy) is 3.